The number of hydrogen-bond donors (Lipinski definition) is 2. The molecule has 7 rings (SSSR count). The second-order valence-corrected chi connectivity index (χ2v) is 8.49. The van der Waals surface area contributed by atoms with Crippen molar-refractivity contribution in [3.05, 3.63) is 108 Å². The van der Waals surface area contributed by atoms with Gasteiger partial charge in [-0.1, -0.05) is 66.7 Å². The molecule has 0 bridgehead atoms. The summed E-state index contributed by atoms with van der Waals surface area (Å²) in [6.07, 6.45) is 0. The number of phenols is 2. The predicted octanol–water partition coefficient (Wildman–Crippen LogP) is 7.28. The molecule has 0 aromatic heterocycles. The van der Waals surface area contributed by atoms with E-state index in [9.17, 15) is 10.2 Å². The Morgan fingerprint density at radius 3 is 1.72 bits per heavy atom. The lowest BCUT2D eigenvalue weighted by Crippen LogP contribution is -2.12. The first-order chi connectivity index (χ1) is 15.7. The standard InChI is InChI=1S/C29H18O3/c30-19-8-12-23-25(14-19)32-26-15-20(31)9-13-24(26)29(23)22-11-7-18-5-4-16-2-1-3-17-6-10-21(22)28(18)27(16)17/h1-15,29-31H. The van der Waals surface area contributed by atoms with Gasteiger partial charge in [0, 0.05) is 29.2 Å². The number of benzene rings is 6. The van der Waals surface area contributed by atoms with Gasteiger partial charge in [-0.05, 0) is 50.0 Å². The van der Waals surface area contributed by atoms with E-state index < -0.39 is 0 Å². The zero-order chi connectivity index (χ0) is 21.4. The van der Waals surface area contributed by atoms with Crippen LogP contribution in [0.25, 0.3) is 32.3 Å². The molecule has 0 aliphatic carbocycles. The van der Waals surface area contributed by atoms with Crippen LogP contribution in [0.4, 0.5) is 0 Å². The van der Waals surface area contributed by atoms with E-state index in [4.69, 9.17) is 4.74 Å². The maximum absolute atomic E-state index is 10.1. The molecule has 0 fully saturated rings. The van der Waals surface area contributed by atoms with Crippen molar-refractivity contribution in [1.82, 2.24) is 0 Å². The van der Waals surface area contributed by atoms with E-state index in [0.29, 0.717) is 11.5 Å². The van der Waals surface area contributed by atoms with Crippen LogP contribution in [0.5, 0.6) is 23.0 Å². The van der Waals surface area contributed by atoms with Gasteiger partial charge >= 0.3 is 0 Å². The van der Waals surface area contributed by atoms with E-state index in [2.05, 4.69) is 54.6 Å². The highest BCUT2D eigenvalue weighted by Crippen LogP contribution is 2.51. The first kappa shape index (κ1) is 17.4. The molecule has 152 valence electrons. The molecule has 1 aliphatic rings. The molecule has 0 unspecified atom stereocenters. The minimum atomic E-state index is -0.0838. The Kier molecular flexibility index (Phi) is 3.35. The molecule has 0 spiro atoms. The van der Waals surface area contributed by atoms with Gasteiger partial charge in [0.25, 0.3) is 0 Å². The molecule has 2 N–H and O–H groups in total. The molecule has 0 saturated heterocycles. The highest BCUT2D eigenvalue weighted by atomic mass is 16.5. The van der Waals surface area contributed by atoms with Crippen LogP contribution >= 0.6 is 0 Å². The van der Waals surface area contributed by atoms with Crippen molar-refractivity contribution in [2.24, 2.45) is 0 Å². The third kappa shape index (κ3) is 2.31. The minimum absolute atomic E-state index is 0.0838. The summed E-state index contributed by atoms with van der Waals surface area (Å²) in [4.78, 5) is 0. The smallest absolute Gasteiger partial charge is 0.135 e. The lowest BCUT2D eigenvalue weighted by molar-refractivity contribution is 0.428. The molecule has 6 aromatic carbocycles. The summed E-state index contributed by atoms with van der Waals surface area (Å²) in [7, 11) is 0. The van der Waals surface area contributed by atoms with Crippen LogP contribution in [0, 0.1) is 0 Å². The summed E-state index contributed by atoms with van der Waals surface area (Å²) >= 11 is 0. The largest absolute Gasteiger partial charge is 0.508 e. The maximum Gasteiger partial charge on any atom is 0.135 e. The van der Waals surface area contributed by atoms with E-state index in [-0.39, 0.29) is 17.4 Å². The summed E-state index contributed by atoms with van der Waals surface area (Å²) in [6, 6.07) is 30.2. The van der Waals surface area contributed by atoms with E-state index in [0.717, 1.165) is 11.1 Å². The third-order valence-corrected chi connectivity index (χ3v) is 6.71. The fourth-order valence-corrected chi connectivity index (χ4v) is 5.33. The van der Waals surface area contributed by atoms with Gasteiger partial charge in [0.1, 0.15) is 23.0 Å². The van der Waals surface area contributed by atoms with E-state index >= 15 is 0 Å². The van der Waals surface area contributed by atoms with Crippen molar-refractivity contribution in [3.8, 4) is 23.0 Å². The molecular weight excluding hydrogens is 396 g/mol. The molecule has 0 radical (unpaired) electrons. The second-order valence-electron chi connectivity index (χ2n) is 8.49. The highest BCUT2D eigenvalue weighted by molar-refractivity contribution is 6.23. The number of phenolic OH excluding ortho intramolecular Hbond substituents is 2. The van der Waals surface area contributed by atoms with Gasteiger partial charge in [-0.25, -0.2) is 0 Å². The summed E-state index contributed by atoms with van der Waals surface area (Å²) in [6.45, 7) is 0. The van der Waals surface area contributed by atoms with E-state index in [1.807, 2.05) is 12.1 Å². The first-order valence-electron chi connectivity index (χ1n) is 10.7. The number of hydrogen-bond acceptors (Lipinski definition) is 3. The van der Waals surface area contributed by atoms with Crippen LogP contribution in [0.3, 0.4) is 0 Å². The Labute approximate surface area is 184 Å². The van der Waals surface area contributed by atoms with Gasteiger partial charge in [-0.3, -0.25) is 0 Å². The molecule has 0 amide bonds. The SMILES string of the molecule is Oc1ccc2c(c1)Oc1cc(O)ccc1C2c1ccc2ccc3cccc4ccc1c2c34. The Morgan fingerprint density at radius 2 is 1.06 bits per heavy atom. The summed E-state index contributed by atoms with van der Waals surface area (Å²) < 4.78 is 6.10. The quantitative estimate of drug-likeness (QED) is 0.278. The summed E-state index contributed by atoms with van der Waals surface area (Å²) in [5, 5.41) is 27.6. The average molecular weight is 414 g/mol. The van der Waals surface area contributed by atoms with Crippen molar-refractivity contribution in [1.29, 1.82) is 0 Å². The molecule has 3 nitrogen and oxygen atoms in total. The third-order valence-electron chi connectivity index (χ3n) is 6.71. The second kappa shape index (κ2) is 6.14. The van der Waals surface area contributed by atoms with Crippen molar-refractivity contribution in [2.45, 2.75) is 5.92 Å². The first-order valence-corrected chi connectivity index (χ1v) is 10.7. The van der Waals surface area contributed by atoms with Crippen LogP contribution in [-0.4, -0.2) is 10.2 Å². The molecule has 1 aliphatic heterocycles. The fraction of sp³-hybridized carbons (Fsp3) is 0.0345. The van der Waals surface area contributed by atoms with Gasteiger partial charge in [0.05, 0.1) is 0 Å². The van der Waals surface area contributed by atoms with Crippen molar-refractivity contribution >= 4 is 32.3 Å². The van der Waals surface area contributed by atoms with Crippen molar-refractivity contribution in [2.75, 3.05) is 0 Å². The molecule has 0 atom stereocenters. The fourth-order valence-electron chi connectivity index (χ4n) is 5.33. The number of fused-ring (bicyclic) bond motifs is 2. The Hall–Kier alpha value is -4.24. The van der Waals surface area contributed by atoms with Gasteiger partial charge < -0.3 is 14.9 Å². The summed E-state index contributed by atoms with van der Waals surface area (Å²) in [5.74, 6) is 1.44. The van der Waals surface area contributed by atoms with Crippen LogP contribution in [0.15, 0.2) is 91.0 Å². The Morgan fingerprint density at radius 1 is 0.531 bits per heavy atom. The van der Waals surface area contributed by atoms with Gasteiger partial charge in [0.2, 0.25) is 0 Å². The van der Waals surface area contributed by atoms with Gasteiger partial charge in [-0.2, -0.15) is 0 Å². The topological polar surface area (TPSA) is 49.7 Å². The predicted molar refractivity (Wildman–Crippen MR) is 127 cm³/mol. The van der Waals surface area contributed by atoms with E-state index in [1.54, 1.807) is 24.3 Å². The van der Waals surface area contributed by atoms with Crippen LogP contribution in [0.1, 0.15) is 22.6 Å². The highest BCUT2D eigenvalue weighted by Gasteiger charge is 2.31. The van der Waals surface area contributed by atoms with Gasteiger partial charge in [-0.15, -0.1) is 0 Å². The monoisotopic (exact) mass is 414 g/mol. The van der Waals surface area contributed by atoms with Crippen LogP contribution < -0.4 is 4.74 Å². The zero-order valence-electron chi connectivity index (χ0n) is 17.0. The zero-order valence-corrected chi connectivity index (χ0v) is 17.0. The number of aromatic hydroxyl groups is 2. The van der Waals surface area contributed by atoms with Gasteiger partial charge in [0.15, 0.2) is 0 Å². The lowest BCUT2D eigenvalue weighted by atomic mass is 9.79. The Balaban J connectivity index is 1.60. The molecule has 6 aromatic rings. The minimum Gasteiger partial charge on any atom is -0.508 e. The normalized spacial score (nSPS) is 13.4. The van der Waals surface area contributed by atoms with Crippen molar-refractivity contribution < 1.29 is 14.9 Å². The molecule has 1 heterocycles. The number of rotatable bonds is 1. The summed E-state index contributed by atoms with van der Waals surface area (Å²) in [5.41, 5.74) is 3.17. The average Bonchev–Trinajstić information content (AvgIpc) is 2.81. The Bertz CT molecular complexity index is 1610. The number of ether oxygens (including phenoxy) is 1. The molecule has 0 saturated carbocycles. The van der Waals surface area contributed by atoms with Crippen molar-refractivity contribution in [3.63, 3.8) is 0 Å². The lowest BCUT2D eigenvalue weighted by Gasteiger charge is -2.30. The maximum atomic E-state index is 10.1. The van der Waals surface area contributed by atoms with E-state index in [1.165, 1.54) is 37.9 Å². The molecule has 32 heavy (non-hydrogen) atoms. The van der Waals surface area contributed by atoms with Crippen LogP contribution in [-0.2, 0) is 0 Å². The molecule has 3 heteroatoms. The van der Waals surface area contributed by atoms with Crippen LogP contribution in [0.2, 0.25) is 0 Å². The molecular formula is C29H18O3.